The van der Waals surface area contributed by atoms with Crippen LogP contribution in [0.3, 0.4) is 0 Å². The predicted molar refractivity (Wildman–Crippen MR) is 56.0 cm³/mol. The van der Waals surface area contributed by atoms with Gasteiger partial charge < -0.3 is 4.74 Å². The number of halogens is 2. The Bertz CT molecular complexity index is 381. The molecule has 0 aliphatic carbocycles. The topological polar surface area (TPSA) is 26.3 Å². The summed E-state index contributed by atoms with van der Waals surface area (Å²) in [5, 5.41) is 0. The summed E-state index contributed by atoms with van der Waals surface area (Å²) in [6, 6.07) is 9.37. The van der Waals surface area contributed by atoms with Gasteiger partial charge in [0.2, 0.25) is 0 Å². The zero-order valence-electron chi connectivity index (χ0n) is 8.87. The lowest BCUT2D eigenvalue weighted by molar-refractivity contribution is -0.139. The molecule has 0 unspecified atom stereocenters. The van der Waals surface area contributed by atoms with Crippen molar-refractivity contribution >= 4 is 5.97 Å². The van der Waals surface area contributed by atoms with Gasteiger partial charge in [-0.05, 0) is 12.5 Å². The van der Waals surface area contributed by atoms with Crippen LogP contribution in [0, 0.1) is 0 Å². The average Bonchev–Trinajstić information content (AvgIpc) is 2.29. The van der Waals surface area contributed by atoms with Gasteiger partial charge in [0.1, 0.15) is 0 Å². The van der Waals surface area contributed by atoms with Crippen molar-refractivity contribution in [3.05, 3.63) is 47.5 Å². The molecular formula is C12H12F2O2. The Balaban J connectivity index is 2.37. The fraction of sp³-hybridized carbons (Fsp3) is 0.250. The molecule has 0 saturated heterocycles. The van der Waals surface area contributed by atoms with E-state index in [1.807, 2.05) is 30.3 Å². The molecule has 0 spiro atoms. The molecular weight excluding hydrogens is 214 g/mol. The lowest BCUT2D eigenvalue weighted by atomic mass is 10.2. The highest BCUT2D eigenvalue weighted by Crippen LogP contribution is 2.08. The minimum absolute atomic E-state index is 0.105. The molecule has 0 amide bonds. The maximum Gasteiger partial charge on any atom is 0.339 e. The summed E-state index contributed by atoms with van der Waals surface area (Å²) >= 11 is 0. The summed E-state index contributed by atoms with van der Waals surface area (Å²) in [7, 11) is 0. The lowest BCUT2D eigenvalue weighted by Gasteiger charge is -2.04. The van der Waals surface area contributed by atoms with Gasteiger partial charge in [-0.15, -0.1) is 0 Å². The Morgan fingerprint density at radius 2 is 1.88 bits per heavy atom. The van der Waals surface area contributed by atoms with Gasteiger partial charge in [-0.1, -0.05) is 30.3 Å². The molecule has 1 aromatic carbocycles. The molecule has 0 heterocycles. The molecule has 16 heavy (non-hydrogen) atoms. The first-order valence-electron chi connectivity index (χ1n) is 4.84. The third-order valence-electron chi connectivity index (χ3n) is 2.06. The van der Waals surface area contributed by atoms with E-state index in [9.17, 15) is 13.6 Å². The van der Waals surface area contributed by atoms with Gasteiger partial charge in [0.15, 0.2) is 0 Å². The van der Waals surface area contributed by atoms with Crippen LogP contribution in [0.5, 0.6) is 0 Å². The third kappa shape index (κ3) is 3.81. The highest BCUT2D eigenvalue weighted by atomic mass is 19.3. The third-order valence-corrected chi connectivity index (χ3v) is 2.06. The summed E-state index contributed by atoms with van der Waals surface area (Å²) in [6.45, 7) is 1.15. The number of ether oxygens (including phenoxy) is 1. The first-order chi connectivity index (χ1) is 7.61. The van der Waals surface area contributed by atoms with E-state index < -0.39 is 17.6 Å². The van der Waals surface area contributed by atoms with Crippen LogP contribution in [0.2, 0.25) is 0 Å². The fourth-order valence-corrected chi connectivity index (χ4v) is 1.09. The van der Waals surface area contributed by atoms with Crippen molar-refractivity contribution in [3.63, 3.8) is 0 Å². The maximum atomic E-state index is 12.0. The molecule has 0 aliphatic rings. The smallest absolute Gasteiger partial charge is 0.339 e. The monoisotopic (exact) mass is 226 g/mol. The SMILES string of the molecule is CC(C(=O)OCCc1ccccc1)=C(F)F. The van der Waals surface area contributed by atoms with Gasteiger partial charge in [0, 0.05) is 6.42 Å². The Morgan fingerprint density at radius 1 is 1.25 bits per heavy atom. The number of hydrogen-bond acceptors (Lipinski definition) is 2. The molecule has 1 rings (SSSR count). The fourth-order valence-electron chi connectivity index (χ4n) is 1.09. The van der Waals surface area contributed by atoms with Crippen molar-refractivity contribution in [2.45, 2.75) is 13.3 Å². The van der Waals surface area contributed by atoms with E-state index in [0.717, 1.165) is 12.5 Å². The zero-order valence-corrected chi connectivity index (χ0v) is 8.87. The number of hydrogen-bond donors (Lipinski definition) is 0. The Kier molecular flexibility index (Phi) is 4.64. The molecule has 0 bridgehead atoms. The summed E-state index contributed by atoms with van der Waals surface area (Å²) < 4.78 is 28.7. The van der Waals surface area contributed by atoms with E-state index in [2.05, 4.69) is 0 Å². The molecule has 86 valence electrons. The van der Waals surface area contributed by atoms with Crippen molar-refractivity contribution in [1.82, 2.24) is 0 Å². The van der Waals surface area contributed by atoms with E-state index in [1.165, 1.54) is 0 Å². The van der Waals surface area contributed by atoms with Crippen LogP contribution >= 0.6 is 0 Å². The molecule has 0 N–H and O–H groups in total. The first-order valence-corrected chi connectivity index (χ1v) is 4.84. The second-order valence-corrected chi connectivity index (χ2v) is 3.26. The Labute approximate surface area is 92.5 Å². The number of rotatable bonds is 4. The largest absolute Gasteiger partial charge is 0.462 e. The molecule has 1 aromatic rings. The number of benzene rings is 1. The van der Waals surface area contributed by atoms with Gasteiger partial charge in [-0.2, -0.15) is 8.78 Å². The quantitative estimate of drug-likeness (QED) is 0.582. The van der Waals surface area contributed by atoms with E-state index in [1.54, 1.807) is 0 Å². The van der Waals surface area contributed by atoms with Crippen LogP contribution in [0.4, 0.5) is 8.78 Å². The summed E-state index contributed by atoms with van der Waals surface area (Å²) in [5.74, 6) is -0.962. The van der Waals surface area contributed by atoms with Crippen LogP contribution in [0.1, 0.15) is 12.5 Å². The molecule has 0 aromatic heterocycles. The normalized spacial score (nSPS) is 9.69. The van der Waals surface area contributed by atoms with Crippen LogP contribution in [-0.4, -0.2) is 12.6 Å². The van der Waals surface area contributed by atoms with Gasteiger partial charge >= 0.3 is 5.97 Å². The molecule has 2 nitrogen and oxygen atoms in total. The molecule has 0 fully saturated rings. The molecule has 0 saturated carbocycles. The van der Waals surface area contributed by atoms with Crippen molar-refractivity contribution in [2.75, 3.05) is 6.61 Å². The van der Waals surface area contributed by atoms with Crippen molar-refractivity contribution in [3.8, 4) is 0 Å². The number of carbonyl (C=O) groups excluding carboxylic acids is 1. The minimum Gasteiger partial charge on any atom is -0.462 e. The van der Waals surface area contributed by atoms with Crippen LogP contribution in [0.15, 0.2) is 42.0 Å². The van der Waals surface area contributed by atoms with Gasteiger partial charge in [-0.25, -0.2) is 4.79 Å². The number of esters is 1. The van der Waals surface area contributed by atoms with Crippen LogP contribution in [-0.2, 0) is 16.0 Å². The Morgan fingerprint density at radius 3 is 2.44 bits per heavy atom. The highest BCUT2D eigenvalue weighted by molar-refractivity contribution is 5.87. The van der Waals surface area contributed by atoms with Gasteiger partial charge in [-0.3, -0.25) is 0 Å². The zero-order chi connectivity index (χ0) is 12.0. The average molecular weight is 226 g/mol. The standard InChI is InChI=1S/C12H12F2O2/c1-9(11(13)14)12(15)16-8-7-10-5-3-2-4-6-10/h2-6H,7-8H2,1H3. The van der Waals surface area contributed by atoms with E-state index in [0.29, 0.717) is 6.42 Å². The van der Waals surface area contributed by atoms with E-state index >= 15 is 0 Å². The van der Waals surface area contributed by atoms with Crippen molar-refractivity contribution < 1.29 is 18.3 Å². The first kappa shape index (κ1) is 12.4. The Hall–Kier alpha value is -1.71. The van der Waals surface area contributed by atoms with Crippen molar-refractivity contribution in [1.29, 1.82) is 0 Å². The second kappa shape index (κ2) is 6.00. The molecule has 0 radical (unpaired) electrons. The summed E-state index contributed by atoms with van der Waals surface area (Å²) in [6.07, 6.45) is -1.47. The van der Waals surface area contributed by atoms with Crippen LogP contribution < -0.4 is 0 Å². The van der Waals surface area contributed by atoms with E-state index in [-0.39, 0.29) is 6.61 Å². The van der Waals surface area contributed by atoms with E-state index in [4.69, 9.17) is 4.74 Å². The molecule has 0 atom stereocenters. The summed E-state index contributed by atoms with van der Waals surface area (Å²) in [5.41, 5.74) is 0.366. The van der Waals surface area contributed by atoms with Crippen LogP contribution in [0.25, 0.3) is 0 Å². The van der Waals surface area contributed by atoms with Crippen molar-refractivity contribution in [2.24, 2.45) is 0 Å². The predicted octanol–water partition coefficient (Wildman–Crippen LogP) is 2.94. The van der Waals surface area contributed by atoms with Gasteiger partial charge in [0.05, 0.1) is 12.2 Å². The number of carbonyl (C=O) groups is 1. The maximum absolute atomic E-state index is 12.0. The lowest BCUT2D eigenvalue weighted by Crippen LogP contribution is -2.09. The second-order valence-electron chi connectivity index (χ2n) is 3.26. The highest BCUT2D eigenvalue weighted by Gasteiger charge is 2.11. The van der Waals surface area contributed by atoms with Gasteiger partial charge in [0.25, 0.3) is 6.08 Å². The minimum atomic E-state index is -2.00. The molecule has 4 heteroatoms. The summed E-state index contributed by atoms with van der Waals surface area (Å²) in [4.78, 5) is 11.0. The molecule has 0 aliphatic heterocycles.